The molecule has 0 spiro atoms. The molecule has 5 heteroatoms. The van der Waals surface area contributed by atoms with Gasteiger partial charge in [-0.05, 0) is 0 Å². The number of hydrogen-bond acceptors (Lipinski definition) is 3. The van der Waals surface area contributed by atoms with Crippen molar-refractivity contribution >= 4 is 0 Å². The van der Waals surface area contributed by atoms with Gasteiger partial charge >= 0.3 is 51.4 Å². The van der Waals surface area contributed by atoms with E-state index < -0.39 is 0 Å². The average molecular weight is 162 g/mol. The Kier molecular flexibility index (Phi) is 22.8. The maximum absolute atomic E-state index is 4.94. The molecular weight excluding hydrogens is 151 g/mol. The minimum Gasteiger partial charge on any atom is -0.870 e. The van der Waals surface area contributed by atoms with Gasteiger partial charge in [-0.25, -0.2) is 0 Å². The molecule has 1 rings (SSSR count). The van der Waals surface area contributed by atoms with Crippen LogP contribution in [0, 0.1) is 0 Å². The van der Waals surface area contributed by atoms with E-state index in [0.717, 1.165) is 26.4 Å². The summed E-state index contributed by atoms with van der Waals surface area (Å²) in [5.41, 5.74) is 0. The van der Waals surface area contributed by atoms with Crippen LogP contribution in [0.25, 0.3) is 0 Å². The van der Waals surface area contributed by atoms with E-state index in [1.807, 2.05) is 0 Å². The zero-order chi connectivity index (χ0) is 4.24. The Bertz CT molecular complexity index is 28.0. The van der Waals surface area contributed by atoms with Crippen molar-refractivity contribution < 1.29 is 71.8 Å². The zero-order valence-corrected chi connectivity index (χ0v) is 8.72. The van der Waals surface area contributed by atoms with E-state index in [-0.39, 0.29) is 62.3 Å². The minimum absolute atomic E-state index is 0. The summed E-state index contributed by atoms with van der Waals surface area (Å²) < 4.78 is 9.89. The molecule has 1 aliphatic heterocycles. The summed E-state index contributed by atoms with van der Waals surface area (Å²) in [6.45, 7) is 3.11. The number of hydrogen-bond donors (Lipinski definition) is 0. The fourth-order valence-corrected chi connectivity index (χ4v) is 0.440. The van der Waals surface area contributed by atoms with Crippen LogP contribution in [0.15, 0.2) is 0 Å². The van der Waals surface area contributed by atoms with Crippen molar-refractivity contribution in [2.24, 2.45) is 0 Å². The molecule has 0 saturated carbocycles. The monoisotopic (exact) mass is 162 g/mol. The van der Waals surface area contributed by atoms with Crippen LogP contribution in [0.3, 0.4) is 0 Å². The van der Waals surface area contributed by atoms with E-state index in [4.69, 9.17) is 9.47 Å². The van der Waals surface area contributed by atoms with Crippen molar-refractivity contribution in [2.45, 2.75) is 0 Å². The first kappa shape index (κ1) is 16.8. The van der Waals surface area contributed by atoms with E-state index >= 15 is 0 Å². The van der Waals surface area contributed by atoms with Crippen LogP contribution < -0.4 is 51.4 Å². The standard InChI is InChI=1S/C4H8O2.K.2H2O/c1-2-6-4-3-5-1;;;/h1-4H2;;2*1H2/q;+1;;/p-1. The van der Waals surface area contributed by atoms with Crippen LogP contribution >= 0.6 is 0 Å². The van der Waals surface area contributed by atoms with Gasteiger partial charge < -0.3 is 20.4 Å². The van der Waals surface area contributed by atoms with Gasteiger partial charge in [-0.1, -0.05) is 0 Å². The number of rotatable bonds is 0. The second kappa shape index (κ2) is 12.2. The Morgan fingerprint density at radius 1 is 0.778 bits per heavy atom. The molecule has 1 fully saturated rings. The van der Waals surface area contributed by atoms with Crippen molar-refractivity contribution in [3.05, 3.63) is 0 Å². The Hall–Kier alpha value is 1.48. The molecule has 0 radical (unpaired) electrons. The maximum atomic E-state index is 4.94. The summed E-state index contributed by atoms with van der Waals surface area (Å²) >= 11 is 0. The summed E-state index contributed by atoms with van der Waals surface area (Å²) in [5, 5.41) is 0. The molecule has 0 aromatic carbocycles. The molecule has 0 amide bonds. The van der Waals surface area contributed by atoms with Gasteiger partial charge in [0.2, 0.25) is 0 Å². The van der Waals surface area contributed by atoms with Gasteiger partial charge in [0.15, 0.2) is 0 Å². The molecule has 9 heavy (non-hydrogen) atoms. The Morgan fingerprint density at radius 3 is 1.11 bits per heavy atom. The van der Waals surface area contributed by atoms with E-state index in [1.54, 1.807) is 0 Å². The summed E-state index contributed by atoms with van der Waals surface area (Å²) in [6.07, 6.45) is 0. The molecule has 0 unspecified atom stereocenters. The van der Waals surface area contributed by atoms with Gasteiger partial charge in [-0.2, -0.15) is 0 Å². The fraction of sp³-hybridized carbons (Fsp3) is 1.00. The molecule has 4 nitrogen and oxygen atoms in total. The molecule has 1 aliphatic rings. The Balaban J connectivity index is -0.000000120. The van der Waals surface area contributed by atoms with Crippen molar-refractivity contribution in [1.82, 2.24) is 0 Å². The summed E-state index contributed by atoms with van der Waals surface area (Å²) in [5.74, 6) is 0. The molecule has 1 heterocycles. The molecule has 3 N–H and O–H groups in total. The van der Waals surface area contributed by atoms with Gasteiger partial charge in [0.1, 0.15) is 0 Å². The van der Waals surface area contributed by atoms with Crippen LogP contribution in [0.4, 0.5) is 0 Å². The smallest absolute Gasteiger partial charge is 0.870 e. The molecular formula is C4H11KO4. The van der Waals surface area contributed by atoms with Crippen LogP contribution in [-0.4, -0.2) is 37.4 Å². The molecule has 52 valence electrons. The van der Waals surface area contributed by atoms with Crippen LogP contribution in [0.5, 0.6) is 0 Å². The van der Waals surface area contributed by atoms with Crippen molar-refractivity contribution in [2.75, 3.05) is 26.4 Å². The molecule has 0 aromatic heterocycles. The van der Waals surface area contributed by atoms with E-state index in [0.29, 0.717) is 0 Å². The predicted octanol–water partition coefficient (Wildman–Crippen LogP) is -3.96. The van der Waals surface area contributed by atoms with Crippen LogP contribution in [0.2, 0.25) is 0 Å². The fourth-order valence-electron chi connectivity index (χ4n) is 0.440. The molecule has 0 aromatic rings. The van der Waals surface area contributed by atoms with Crippen LogP contribution in [-0.2, 0) is 9.47 Å². The van der Waals surface area contributed by atoms with E-state index in [9.17, 15) is 0 Å². The maximum Gasteiger partial charge on any atom is 1.00 e. The van der Waals surface area contributed by atoms with Gasteiger partial charge in [0.05, 0.1) is 26.4 Å². The van der Waals surface area contributed by atoms with E-state index in [1.165, 1.54) is 0 Å². The Labute approximate surface area is 96.9 Å². The topological polar surface area (TPSA) is 80.0 Å². The molecule has 0 atom stereocenters. The Morgan fingerprint density at radius 2 is 1.00 bits per heavy atom. The first-order valence-corrected chi connectivity index (χ1v) is 2.15. The van der Waals surface area contributed by atoms with Gasteiger partial charge in [-0.3, -0.25) is 0 Å². The second-order valence-electron chi connectivity index (χ2n) is 1.22. The third-order valence-corrected chi connectivity index (χ3v) is 0.744. The normalized spacial score (nSPS) is 16.0. The summed E-state index contributed by atoms with van der Waals surface area (Å²) in [7, 11) is 0. The summed E-state index contributed by atoms with van der Waals surface area (Å²) in [6, 6.07) is 0. The molecule has 0 aliphatic carbocycles. The van der Waals surface area contributed by atoms with Crippen molar-refractivity contribution in [3.8, 4) is 0 Å². The first-order valence-electron chi connectivity index (χ1n) is 2.15. The van der Waals surface area contributed by atoms with Crippen molar-refractivity contribution in [1.29, 1.82) is 0 Å². The third-order valence-electron chi connectivity index (χ3n) is 0.744. The second-order valence-corrected chi connectivity index (χ2v) is 1.22. The predicted molar refractivity (Wildman–Crippen MR) is 27.2 cm³/mol. The first-order chi connectivity index (χ1) is 3.00. The zero-order valence-electron chi connectivity index (χ0n) is 5.59. The average Bonchev–Trinajstić information content (AvgIpc) is 1.72. The van der Waals surface area contributed by atoms with Gasteiger partial charge in [0, 0.05) is 0 Å². The minimum atomic E-state index is 0. The molecule has 0 bridgehead atoms. The van der Waals surface area contributed by atoms with Gasteiger partial charge in [0.25, 0.3) is 0 Å². The van der Waals surface area contributed by atoms with Gasteiger partial charge in [-0.15, -0.1) is 0 Å². The number of ether oxygens (including phenoxy) is 2. The quantitative estimate of drug-likeness (QED) is 0.341. The molecule has 1 saturated heterocycles. The summed E-state index contributed by atoms with van der Waals surface area (Å²) in [4.78, 5) is 0. The van der Waals surface area contributed by atoms with E-state index in [2.05, 4.69) is 0 Å². The SMILES string of the molecule is C1COCCO1.O.[K+].[OH-]. The largest absolute Gasteiger partial charge is 1.00 e. The van der Waals surface area contributed by atoms with Crippen molar-refractivity contribution in [3.63, 3.8) is 0 Å². The third kappa shape index (κ3) is 9.48. The van der Waals surface area contributed by atoms with Crippen LogP contribution in [0.1, 0.15) is 0 Å².